The van der Waals surface area contributed by atoms with Gasteiger partial charge in [0.15, 0.2) is 0 Å². The van der Waals surface area contributed by atoms with E-state index in [0.717, 1.165) is 25.7 Å². The topological polar surface area (TPSA) is 90.0 Å². The lowest BCUT2D eigenvalue weighted by Crippen LogP contribution is -2.42. The Morgan fingerprint density at radius 2 is 2.19 bits per heavy atom. The zero-order chi connectivity index (χ0) is 15.5. The van der Waals surface area contributed by atoms with Gasteiger partial charge in [-0.2, -0.15) is 5.10 Å². The van der Waals surface area contributed by atoms with Crippen LogP contribution in [0.4, 0.5) is 0 Å². The Hall–Kier alpha value is -0.920. The maximum absolute atomic E-state index is 12.4. The van der Waals surface area contributed by atoms with Gasteiger partial charge < -0.3 is 5.73 Å². The summed E-state index contributed by atoms with van der Waals surface area (Å²) < 4.78 is 29.3. The molecule has 1 heterocycles. The Morgan fingerprint density at radius 3 is 2.86 bits per heavy atom. The fourth-order valence-corrected chi connectivity index (χ4v) is 4.30. The van der Waals surface area contributed by atoms with Crippen LogP contribution in [0.15, 0.2) is 17.3 Å². The molecule has 21 heavy (non-hydrogen) atoms. The first-order chi connectivity index (χ1) is 9.92. The highest BCUT2D eigenvalue weighted by molar-refractivity contribution is 7.89. The standard InChI is InChI=1S/C14H26N4O2S/c1-11-4-5-14(12(2)8-11)17-21(19,20)13-9-16-18(10-13)7-3-6-15/h9-12,14,17H,3-8,15H2,1-2H3. The van der Waals surface area contributed by atoms with Crippen LogP contribution < -0.4 is 10.5 Å². The van der Waals surface area contributed by atoms with Crippen LogP contribution in [-0.2, 0) is 16.6 Å². The number of sulfonamides is 1. The van der Waals surface area contributed by atoms with Crippen molar-refractivity contribution in [1.29, 1.82) is 0 Å². The molecule has 3 atom stereocenters. The second kappa shape index (κ2) is 6.89. The molecule has 7 heteroatoms. The van der Waals surface area contributed by atoms with Crippen LogP contribution in [0, 0.1) is 11.8 Å². The minimum Gasteiger partial charge on any atom is -0.330 e. The first-order valence-electron chi connectivity index (χ1n) is 7.67. The second-order valence-electron chi connectivity index (χ2n) is 6.20. The van der Waals surface area contributed by atoms with Crippen LogP contribution in [0.25, 0.3) is 0 Å². The van der Waals surface area contributed by atoms with Gasteiger partial charge in [0.25, 0.3) is 0 Å². The predicted octanol–water partition coefficient (Wildman–Crippen LogP) is 1.33. The number of nitrogens with zero attached hydrogens (tertiary/aromatic N) is 2. The smallest absolute Gasteiger partial charge is 0.243 e. The van der Waals surface area contributed by atoms with Crippen molar-refractivity contribution < 1.29 is 8.42 Å². The number of aromatic nitrogens is 2. The molecule has 1 aromatic heterocycles. The fraction of sp³-hybridized carbons (Fsp3) is 0.786. The van der Waals surface area contributed by atoms with Gasteiger partial charge in [-0.25, -0.2) is 13.1 Å². The van der Waals surface area contributed by atoms with Crippen LogP contribution in [0.2, 0.25) is 0 Å². The van der Waals surface area contributed by atoms with Gasteiger partial charge in [0.1, 0.15) is 4.90 Å². The van der Waals surface area contributed by atoms with Gasteiger partial charge in [0.05, 0.1) is 6.20 Å². The quantitative estimate of drug-likeness (QED) is 0.829. The molecular formula is C14H26N4O2S. The number of hydrogen-bond acceptors (Lipinski definition) is 4. The summed E-state index contributed by atoms with van der Waals surface area (Å²) in [6.45, 7) is 5.55. The minimum absolute atomic E-state index is 0.0265. The Labute approximate surface area is 127 Å². The molecule has 120 valence electrons. The lowest BCUT2D eigenvalue weighted by atomic mass is 9.80. The molecule has 1 saturated carbocycles. The highest BCUT2D eigenvalue weighted by Gasteiger charge is 2.29. The SMILES string of the molecule is CC1CCC(NS(=O)(=O)c2cnn(CCCN)c2)C(C)C1. The summed E-state index contributed by atoms with van der Waals surface area (Å²) in [5, 5.41) is 4.09. The lowest BCUT2D eigenvalue weighted by Gasteiger charge is -2.32. The van der Waals surface area contributed by atoms with Crippen molar-refractivity contribution in [3.05, 3.63) is 12.4 Å². The molecule has 1 fully saturated rings. The highest BCUT2D eigenvalue weighted by Crippen LogP contribution is 2.29. The Kier molecular flexibility index (Phi) is 5.40. The van der Waals surface area contributed by atoms with Crippen molar-refractivity contribution in [2.75, 3.05) is 6.54 Å². The molecule has 0 amide bonds. The number of rotatable bonds is 6. The average molecular weight is 314 g/mol. The van der Waals surface area contributed by atoms with Gasteiger partial charge >= 0.3 is 0 Å². The first-order valence-corrected chi connectivity index (χ1v) is 9.15. The monoisotopic (exact) mass is 314 g/mol. The van der Waals surface area contributed by atoms with E-state index < -0.39 is 10.0 Å². The van der Waals surface area contributed by atoms with Crippen LogP contribution in [-0.4, -0.2) is 30.8 Å². The van der Waals surface area contributed by atoms with E-state index in [9.17, 15) is 8.42 Å². The van der Waals surface area contributed by atoms with Gasteiger partial charge in [-0.15, -0.1) is 0 Å². The molecule has 0 bridgehead atoms. The Morgan fingerprint density at radius 1 is 1.43 bits per heavy atom. The van der Waals surface area contributed by atoms with E-state index in [1.54, 1.807) is 10.9 Å². The molecule has 0 spiro atoms. The summed E-state index contributed by atoms with van der Waals surface area (Å²) in [5.74, 6) is 1.05. The summed E-state index contributed by atoms with van der Waals surface area (Å²) in [6.07, 6.45) is 6.83. The predicted molar refractivity (Wildman–Crippen MR) is 82.2 cm³/mol. The van der Waals surface area contributed by atoms with Gasteiger partial charge in [0, 0.05) is 18.8 Å². The average Bonchev–Trinajstić information content (AvgIpc) is 2.89. The maximum Gasteiger partial charge on any atom is 0.243 e. The van der Waals surface area contributed by atoms with Crippen LogP contribution >= 0.6 is 0 Å². The summed E-state index contributed by atoms with van der Waals surface area (Å²) in [5.41, 5.74) is 5.45. The molecule has 1 aliphatic rings. The van der Waals surface area contributed by atoms with E-state index in [2.05, 4.69) is 23.7 Å². The van der Waals surface area contributed by atoms with Crippen LogP contribution in [0.3, 0.4) is 0 Å². The number of nitrogens with one attached hydrogen (secondary N) is 1. The summed E-state index contributed by atoms with van der Waals surface area (Å²) in [4.78, 5) is 0.241. The van der Waals surface area contributed by atoms with E-state index >= 15 is 0 Å². The molecule has 3 unspecified atom stereocenters. The van der Waals surface area contributed by atoms with Crippen LogP contribution in [0.5, 0.6) is 0 Å². The molecule has 0 aromatic carbocycles. The normalized spacial score (nSPS) is 26.9. The molecule has 2 rings (SSSR count). The number of aryl methyl sites for hydroxylation is 1. The van der Waals surface area contributed by atoms with Crippen LogP contribution in [0.1, 0.15) is 39.5 Å². The van der Waals surface area contributed by atoms with Crippen molar-refractivity contribution in [1.82, 2.24) is 14.5 Å². The third-order valence-electron chi connectivity index (χ3n) is 4.25. The van der Waals surface area contributed by atoms with E-state index in [-0.39, 0.29) is 10.9 Å². The van der Waals surface area contributed by atoms with E-state index in [4.69, 9.17) is 5.73 Å². The van der Waals surface area contributed by atoms with Crippen molar-refractivity contribution >= 4 is 10.0 Å². The summed E-state index contributed by atoms with van der Waals surface area (Å²) in [6, 6.07) is 0.0265. The second-order valence-corrected chi connectivity index (χ2v) is 7.92. The van der Waals surface area contributed by atoms with Gasteiger partial charge in [0.2, 0.25) is 10.0 Å². The van der Waals surface area contributed by atoms with Crippen molar-refractivity contribution in [3.63, 3.8) is 0 Å². The largest absolute Gasteiger partial charge is 0.330 e. The minimum atomic E-state index is -3.48. The highest BCUT2D eigenvalue weighted by atomic mass is 32.2. The van der Waals surface area contributed by atoms with Gasteiger partial charge in [-0.3, -0.25) is 4.68 Å². The van der Waals surface area contributed by atoms with Crippen molar-refractivity contribution in [2.45, 2.75) is 57.0 Å². The third kappa shape index (κ3) is 4.28. The van der Waals surface area contributed by atoms with Gasteiger partial charge in [-0.05, 0) is 44.1 Å². The number of hydrogen-bond donors (Lipinski definition) is 2. The molecule has 0 aliphatic heterocycles. The third-order valence-corrected chi connectivity index (χ3v) is 5.69. The molecule has 0 saturated heterocycles. The Bertz CT molecular complexity index is 555. The molecule has 1 aliphatic carbocycles. The number of nitrogens with two attached hydrogens (primary N) is 1. The van der Waals surface area contributed by atoms with E-state index in [1.165, 1.54) is 6.20 Å². The van der Waals surface area contributed by atoms with Crippen molar-refractivity contribution in [3.8, 4) is 0 Å². The first kappa shape index (κ1) is 16.5. The zero-order valence-corrected chi connectivity index (χ0v) is 13.6. The van der Waals surface area contributed by atoms with Crippen molar-refractivity contribution in [2.24, 2.45) is 17.6 Å². The van der Waals surface area contributed by atoms with Gasteiger partial charge in [-0.1, -0.05) is 13.8 Å². The summed E-state index contributed by atoms with van der Waals surface area (Å²) in [7, 11) is -3.48. The zero-order valence-electron chi connectivity index (χ0n) is 12.8. The molecule has 0 radical (unpaired) electrons. The molecule has 1 aromatic rings. The molecular weight excluding hydrogens is 288 g/mol. The van der Waals surface area contributed by atoms with E-state index in [0.29, 0.717) is 24.9 Å². The Balaban J connectivity index is 2.02. The fourth-order valence-electron chi connectivity index (χ4n) is 2.97. The molecule has 3 N–H and O–H groups in total. The maximum atomic E-state index is 12.4. The summed E-state index contributed by atoms with van der Waals surface area (Å²) >= 11 is 0. The molecule has 6 nitrogen and oxygen atoms in total. The van der Waals surface area contributed by atoms with E-state index in [1.807, 2.05) is 0 Å². The lowest BCUT2D eigenvalue weighted by molar-refractivity contribution is 0.249.